The van der Waals surface area contributed by atoms with E-state index in [0.29, 0.717) is 0 Å². The quantitative estimate of drug-likeness (QED) is 0.142. The van der Waals surface area contributed by atoms with E-state index in [1.165, 1.54) is 58.9 Å². The third kappa shape index (κ3) is 6.92. The first-order valence-corrected chi connectivity index (χ1v) is 30.1. The maximum atomic E-state index is 6.85. The van der Waals surface area contributed by atoms with Crippen molar-refractivity contribution < 1.29 is 8.83 Å². The van der Waals surface area contributed by atoms with Crippen LogP contribution in [-0.4, -0.2) is 12.6 Å². The van der Waals surface area contributed by atoms with Crippen molar-refractivity contribution in [3.05, 3.63) is 297 Å². The van der Waals surface area contributed by atoms with Gasteiger partial charge in [-0.25, -0.2) is 0 Å². The fraction of sp³-hybridized carbons (Fsp3) is 0. The summed E-state index contributed by atoms with van der Waals surface area (Å²) >= 11 is 0. The summed E-state index contributed by atoms with van der Waals surface area (Å²) in [4.78, 5) is 4.92. The molecule has 0 atom stereocenters. The molecule has 384 valence electrons. The molecule has 1 aliphatic rings. The summed E-state index contributed by atoms with van der Waals surface area (Å²) in [6.07, 6.45) is 0. The van der Waals surface area contributed by atoms with Gasteiger partial charge in [-0.05, 0) is 152 Å². The lowest BCUT2D eigenvalue weighted by Crippen LogP contribution is -2.77. The van der Waals surface area contributed by atoms with Crippen molar-refractivity contribution in [2.75, 3.05) is 9.80 Å². The number of benzene rings is 13. The number of nitrogens with zero attached hydrogens (tertiary/aromatic N) is 3. The van der Waals surface area contributed by atoms with E-state index in [9.17, 15) is 0 Å². The van der Waals surface area contributed by atoms with Crippen LogP contribution in [0.3, 0.4) is 0 Å². The highest BCUT2D eigenvalue weighted by Crippen LogP contribution is 2.44. The molecule has 0 unspecified atom stereocenters. The van der Waals surface area contributed by atoms with E-state index in [2.05, 4.69) is 312 Å². The summed E-state index contributed by atoms with van der Waals surface area (Å²) in [7, 11) is -3.43. The molecule has 0 spiro atoms. The fourth-order valence-electron chi connectivity index (χ4n) is 13.6. The molecule has 0 amide bonds. The highest BCUT2D eigenvalue weighted by atomic mass is 28.3. The number of anilines is 6. The van der Waals surface area contributed by atoms with Crippen molar-refractivity contribution in [3.8, 4) is 16.8 Å². The van der Waals surface area contributed by atoms with Crippen LogP contribution in [0, 0.1) is 0 Å². The van der Waals surface area contributed by atoms with Gasteiger partial charge in [0.1, 0.15) is 22.3 Å². The molecule has 0 bridgehead atoms. The zero-order chi connectivity index (χ0) is 53.9. The minimum absolute atomic E-state index is 0.868. The van der Waals surface area contributed by atoms with Crippen LogP contribution in [0.4, 0.5) is 34.1 Å². The van der Waals surface area contributed by atoms with Gasteiger partial charge in [-0.3, -0.25) is 0 Å². The zero-order valence-corrected chi connectivity index (χ0v) is 45.4. The molecule has 6 heteroatoms. The Morgan fingerprint density at radius 1 is 0.305 bits per heavy atom. The van der Waals surface area contributed by atoms with Crippen LogP contribution in [-0.2, 0) is 0 Å². The van der Waals surface area contributed by atoms with Crippen molar-refractivity contribution in [2.45, 2.75) is 0 Å². The smallest absolute Gasteiger partial charge is 0.184 e. The number of rotatable bonds is 8. The van der Waals surface area contributed by atoms with Gasteiger partial charge < -0.3 is 23.2 Å². The first kappa shape index (κ1) is 46.3. The number of aromatic nitrogens is 1. The van der Waals surface area contributed by atoms with Crippen LogP contribution >= 0.6 is 0 Å². The Labute approximate surface area is 474 Å². The summed E-state index contributed by atoms with van der Waals surface area (Å²) in [5.74, 6) is 0. The Hall–Kier alpha value is -10.7. The SMILES string of the molecule is c1ccc(N2c3ccccc3[Si](c3ccc4c(c3)oc3ccccc34)(c3ccc4c(c3)oc3ccccc34)c3cc(N(c4ccc(-c5cccc6ccccc56)cc4)c4ccc(-n5c6ccccc6c6ccccc65)cc4)ccc32)cc1. The van der Waals surface area contributed by atoms with E-state index in [1.807, 2.05) is 0 Å². The summed E-state index contributed by atoms with van der Waals surface area (Å²) in [5.41, 5.74) is 15.8. The van der Waals surface area contributed by atoms with Gasteiger partial charge in [0, 0.05) is 72.1 Å². The molecule has 13 aromatic carbocycles. The minimum atomic E-state index is -3.43. The van der Waals surface area contributed by atoms with Crippen LogP contribution in [0.1, 0.15) is 0 Å². The summed E-state index contributed by atoms with van der Waals surface area (Å²) in [6.45, 7) is 0. The van der Waals surface area contributed by atoms with E-state index in [4.69, 9.17) is 8.83 Å². The number of hydrogen-bond donors (Lipinski definition) is 0. The Balaban J connectivity index is 0.939. The zero-order valence-electron chi connectivity index (χ0n) is 44.4. The molecule has 17 rings (SSSR count). The first-order chi connectivity index (χ1) is 40.7. The Kier molecular flexibility index (Phi) is 10.3. The van der Waals surface area contributed by atoms with Crippen LogP contribution < -0.4 is 30.5 Å². The van der Waals surface area contributed by atoms with Crippen molar-refractivity contribution in [3.63, 3.8) is 0 Å². The molecule has 0 saturated carbocycles. The minimum Gasteiger partial charge on any atom is -0.456 e. The summed E-state index contributed by atoms with van der Waals surface area (Å²) < 4.78 is 16.1. The monoisotopic (exact) mass is 1060 g/mol. The van der Waals surface area contributed by atoms with E-state index < -0.39 is 8.07 Å². The first-order valence-electron chi connectivity index (χ1n) is 28.1. The second-order valence-electron chi connectivity index (χ2n) is 21.6. The standard InChI is InChI=1S/C76H49N3O2Si/c1-2-19-52(20-3-1)79-69-29-12-15-32-75(69)82(57-42-44-65-63-24-8-13-30-71(63)80-73(65)48-57,58-43-45-66-64-25-9-14-31-72(64)81-74(66)49-58)76-47-56(41-46-70(76)79)77(53-35-33-51(34-36-53)60-26-16-18-50-17-4-5-21-59(50)60)54-37-39-55(40-38-54)78-67-27-10-6-22-61(67)62-23-7-11-28-68(62)78/h1-49H. The largest absolute Gasteiger partial charge is 0.456 e. The lowest BCUT2D eigenvalue weighted by molar-refractivity contribution is 0.669. The molecular weight excluding hydrogens is 1010 g/mol. The van der Waals surface area contributed by atoms with Crippen molar-refractivity contribution in [1.82, 2.24) is 4.57 Å². The summed E-state index contributed by atoms with van der Waals surface area (Å²) in [5, 5.41) is 14.3. The van der Waals surface area contributed by atoms with Gasteiger partial charge in [-0.2, -0.15) is 0 Å². The van der Waals surface area contributed by atoms with Gasteiger partial charge in [0.05, 0.1) is 11.0 Å². The molecule has 3 aromatic heterocycles. The Morgan fingerprint density at radius 2 is 0.805 bits per heavy atom. The third-order valence-corrected chi connectivity index (χ3v) is 22.0. The summed E-state index contributed by atoms with van der Waals surface area (Å²) in [6, 6.07) is 109. The maximum Gasteiger partial charge on any atom is 0.184 e. The fourth-order valence-corrected chi connectivity index (χ4v) is 18.7. The van der Waals surface area contributed by atoms with E-state index in [-0.39, 0.29) is 0 Å². The molecule has 82 heavy (non-hydrogen) atoms. The average Bonchev–Trinajstić information content (AvgIpc) is 1.04. The van der Waals surface area contributed by atoms with Crippen LogP contribution in [0.15, 0.2) is 306 Å². The maximum absolute atomic E-state index is 6.85. The van der Waals surface area contributed by atoms with Gasteiger partial charge in [0.15, 0.2) is 8.07 Å². The highest BCUT2D eigenvalue weighted by molar-refractivity contribution is 7.21. The van der Waals surface area contributed by atoms with Crippen LogP contribution in [0.25, 0.3) is 93.3 Å². The number of fused-ring (bicyclic) bond motifs is 12. The molecule has 0 aliphatic carbocycles. The van der Waals surface area contributed by atoms with E-state index in [1.54, 1.807) is 0 Å². The normalized spacial score (nSPS) is 13.0. The van der Waals surface area contributed by atoms with Crippen molar-refractivity contribution in [1.29, 1.82) is 0 Å². The molecule has 5 nitrogen and oxygen atoms in total. The lowest BCUT2D eigenvalue weighted by atomic mass is 9.98. The second-order valence-corrected chi connectivity index (χ2v) is 25.3. The van der Waals surface area contributed by atoms with Crippen LogP contribution in [0.2, 0.25) is 0 Å². The molecular formula is C76H49N3O2Si. The molecule has 0 fully saturated rings. The number of furan rings is 2. The molecule has 0 radical (unpaired) electrons. The Morgan fingerprint density at radius 3 is 1.46 bits per heavy atom. The molecule has 0 N–H and O–H groups in total. The molecule has 0 saturated heterocycles. The van der Waals surface area contributed by atoms with Gasteiger partial charge >= 0.3 is 0 Å². The number of para-hydroxylation sites is 6. The van der Waals surface area contributed by atoms with Gasteiger partial charge in [-0.15, -0.1) is 0 Å². The van der Waals surface area contributed by atoms with Gasteiger partial charge in [0.2, 0.25) is 0 Å². The van der Waals surface area contributed by atoms with Gasteiger partial charge in [0.25, 0.3) is 0 Å². The van der Waals surface area contributed by atoms with E-state index in [0.717, 1.165) is 89.3 Å². The van der Waals surface area contributed by atoms with Gasteiger partial charge in [-0.1, -0.05) is 188 Å². The predicted octanol–water partition coefficient (Wildman–Crippen LogP) is 18.0. The Bertz CT molecular complexity index is 5020. The average molecular weight is 1060 g/mol. The number of hydrogen-bond acceptors (Lipinski definition) is 4. The third-order valence-electron chi connectivity index (χ3n) is 17.2. The second kappa shape index (κ2) is 18.2. The van der Waals surface area contributed by atoms with Crippen molar-refractivity contribution >= 4 is 139 Å². The molecule has 1 aliphatic heterocycles. The van der Waals surface area contributed by atoms with E-state index >= 15 is 0 Å². The van der Waals surface area contributed by atoms with Crippen molar-refractivity contribution in [2.24, 2.45) is 0 Å². The predicted molar refractivity (Wildman–Crippen MR) is 345 cm³/mol. The molecule has 16 aromatic rings. The topological polar surface area (TPSA) is 37.7 Å². The molecule has 4 heterocycles. The lowest BCUT2D eigenvalue weighted by Gasteiger charge is -2.45. The van der Waals surface area contributed by atoms with Crippen LogP contribution in [0.5, 0.6) is 0 Å². The highest BCUT2D eigenvalue weighted by Gasteiger charge is 2.50.